The van der Waals surface area contributed by atoms with Gasteiger partial charge in [0.2, 0.25) is 0 Å². The lowest BCUT2D eigenvalue weighted by Crippen LogP contribution is -2.02. The van der Waals surface area contributed by atoms with Crippen LogP contribution in [0, 0.1) is 20.8 Å². The van der Waals surface area contributed by atoms with Gasteiger partial charge >= 0.3 is 0 Å². The van der Waals surface area contributed by atoms with E-state index in [2.05, 4.69) is 48.8 Å². The number of alkyl halides is 1. The molecule has 2 rings (SSSR count). The molecule has 3 heteroatoms. The quantitative estimate of drug-likeness (QED) is 0.637. The van der Waals surface area contributed by atoms with Gasteiger partial charge in [-0.2, -0.15) is 0 Å². The highest BCUT2D eigenvalue weighted by Gasteiger charge is 2.07. The highest BCUT2D eigenvalue weighted by molar-refractivity contribution is 9.08. The third-order valence-corrected chi connectivity index (χ3v) is 4.31. The molecule has 0 spiro atoms. The summed E-state index contributed by atoms with van der Waals surface area (Å²) >= 11 is 9.65. The zero-order chi connectivity index (χ0) is 14.7. The van der Waals surface area contributed by atoms with Crippen molar-refractivity contribution in [2.45, 2.75) is 32.7 Å². The maximum Gasteiger partial charge on any atom is 0.138 e. The van der Waals surface area contributed by atoms with Crippen LogP contribution in [-0.2, 0) is 11.9 Å². The summed E-state index contributed by atoms with van der Waals surface area (Å²) in [6, 6.07) is 10.2. The molecule has 20 heavy (non-hydrogen) atoms. The fourth-order valence-corrected chi connectivity index (χ4v) is 2.94. The first-order valence-corrected chi connectivity index (χ1v) is 8.05. The summed E-state index contributed by atoms with van der Waals surface area (Å²) in [5.74, 6) is 0.732. The minimum atomic E-state index is 0.547. The summed E-state index contributed by atoms with van der Waals surface area (Å²) in [6.45, 7) is 6.90. The Hall–Kier alpha value is -0.990. The Kier molecular flexibility index (Phi) is 5.11. The van der Waals surface area contributed by atoms with Gasteiger partial charge in [-0.25, -0.2) is 0 Å². The Balaban J connectivity index is 2.17. The van der Waals surface area contributed by atoms with E-state index in [9.17, 15) is 0 Å². The van der Waals surface area contributed by atoms with Crippen LogP contribution in [-0.4, -0.2) is 0 Å². The van der Waals surface area contributed by atoms with Crippen molar-refractivity contribution in [1.29, 1.82) is 0 Å². The number of halogens is 2. The minimum absolute atomic E-state index is 0.547. The van der Waals surface area contributed by atoms with Crippen molar-refractivity contribution in [3.63, 3.8) is 0 Å². The number of hydrogen-bond acceptors (Lipinski definition) is 1. The number of benzene rings is 2. The van der Waals surface area contributed by atoms with Crippen LogP contribution in [0.2, 0.25) is 5.02 Å². The van der Waals surface area contributed by atoms with Crippen LogP contribution in [0.25, 0.3) is 0 Å². The zero-order valence-electron chi connectivity index (χ0n) is 12.0. The maximum absolute atomic E-state index is 6.23. The molecule has 2 aromatic carbocycles. The molecule has 0 bridgehead atoms. The molecule has 2 aromatic rings. The van der Waals surface area contributed by atoms with Crippen LogP contribution in [0.5, 0.6) is 5.75 Å². The van der Waals surface area contributed by atoms with E-state index < -0.39 is 0 Å². The molecule has 0 unspecified atom stereocenters. The molecule has 0 heterocycles. The molecule has 0 aromatic heterocycles. The van der Waals surface area contributed by atoms with Gasteiger partial charge in [0.25, 0.3) is 0 Å². The number of rotatable bonds is 4. The van der Waals surface area contributed by atoms with Crippen molar-refractivity contribution in [3.05, 3.63) is 63.2 Å². The molecule has 0 aliphatic rings. The summed E-state index contributed by atoms with van der Waals surface area (Å²) in [6.07, 6.45) is 0. The normalized spacial score (nSPS) is 10.7. The highest BCUT2D eigenvalue weighted by atomic mass is 79.9. The van der Waals surface area contributed by atoms with Gasteiger partial charge in [-0.1, -0.05) is 51.3 Å². The molecular formula is C17H18BrClO. The largest absolute Gasteiger partial charge is 0.487 e. The van der Waals surface area contributed by atoms with Crippen molar-refractivity contribution < 1.29 is 4.74 Å². The van der Waals surface area contributed by atoms with Gasteiger partial charge in [0.1, 0.15) is 12.4 Å². The topological polar surface area (TPSA) is 9.23 Å². The second-order valence-electron chi connectivity index (χ2n) is 5.06. The van der Waals surface area contributed by atoms with E-state index in [0.29, 0.717) is 11.6 Å². The summed E-state index contributed by atoms with van der Waals surface area (Å²) in [5, 5.41) is 1.45. The van der Waals surface area contributed by atoms with Crippen molar-refractivity contribution in [3.8, 4) is 5.75 Å². The van der Waals surface area contributed by atoms with Gasteiger partial charge in [-0.05, 0) is 55.2 Å². The van der Waals surface area contributed by atoms with E-state index in [-0.39, 0.29) is 0 Å². The fourth-order valence-electron chi connectivity index (χ4n) is 2.33. The predicted octanol–water partition coefficient (Wildman–Crippen LogP) is 5.74. The SMILES string of the molecule is Cc1cc(C)c(COc2ccc(CBr)cc2Cl)c(C)c1. The number of aryl methyl sites for hydroxylation is 3. The molecule has 0 aliphatic carbocycles. The average molecular weight is 354 g/mol. The number of ether oxygens (including phenoxy) is 1. The Morgan fingerprint density at radius 1 is 1.05 bits per heavy atom. The van der Waals surface area contributed by atoms with Crippen LogP contribution in [0.1, 0.15) is 27.8 Å². The maximum atomic E-state index is 6.23. The van der Waals surface area contributed by atoms with Crippen molar-refractivity contribution in [1.82, 2.24) is 0 Å². The number of hydrogen-bond donors (Lipinski definition) is 0. The summed E-state index contributed by atoms with van der Waals surface area (Å²) in [7, 11) is 0. The molecule has 0 radical (unpaired) electrons. The van der Waals surface area contributed by atoms with E-state index in [1.807, 2.05) is 18.2 Å². The van der Waals surface area contributed by atoms with Crippen LogP contribution in [0.3, 0.4) is 0 Å². The Morgan fingerprint density at radius 2 is 1.70 bits per heavy atom. The molecule has 0 amide bonds. The lowest BCUT2D eigenvalue weighted by atomic mass is 10.0. The lowest BCUT2D eigenvalue weighted by molar-refractivity contribution is 0.304. The Bertz CT molecular complexity index is 599. The van der Waals surface area contributed by atoms with E-state index in [1.165, 1.54) is 22.3 Å². The van der Waals surface area contributed by atoms with E-state index >= 15 is 0 Å². The Morgan fingerprint density at radius 3 is 2.25 bits per heavy atom. The molecular weight excluding hydrogens is 336 g/mol. The third kappa shape index (κ3) is 3.56. The molecule has 0 atom stereocenters. The van der Waals surface area contributed by atoms with Crippen molar-refractivity contribution in [2.24, 2.45) is 0 Å². The standard InChI is InChI=1S/C17H18BrClO/c1-11-6-12(2)15(13(3)7-11)10-20-17-5-4-14(9-18)8-16(17)19/h4-8H,9-10H2,1-3H3. The van der Waals surface area contributed by atoms with Gasteiger partial charge in [0.05, 0.1) is 5.02 Å². The summed E-state index contributed by atoms with van der Waals surface area (Å²) in [5.41, 5.74) is 6.18. The van der Waals surface area contributed by atoms with E-state index in [0.717, 1.165) is 16.6 Å². The van der Waals surface area contributed by atoms with Crippen molar-refractivity contribution >= 4 is 27.5 Å². The molecule has 0 fully saturated rings. The first-order valence-electron chi connectivity index (χ1n) is 6.55. The second kappa shape index (κ2) is 6.64. The van der Waals surface area contributed by atoms with Gasteiger partial charge in [0, 0.05) is 5.33 Å². The average Bonchev–Trinajstić information content (AvgIpc) is 2.39. The van der Waals surface area contributed by atoms with Crippen LogP contribution >= 0.6 is 27.5 Å². The lowest BCUT2D eigenvalue weighted by Gasteiger charge is -2.14. The van der Waals surface area contributed by atoms with Gasteiger partial charge in [0.15, 0.2) is 0 Å². The molecule has 0 N–H and O–H groups in total. The van der Waals surface area contributed by atoms with Crippen LogP contribution in [0.4, 0.5) is 0 Å². The smallest absolute Gasteiger partial charge is 0.138 e. The van der Waals surface area contributed by atoms with Gasteiger partial charge in [-0.3, -0.25) is 0 Å². The van der Waals surface area contributed by atoms with E-state index in [4.69, 9.17) is 16.3 Å². The molecule has 1 nitrogen and oxygen atoms in total. The fraction of sp³-hybridized carbons (Fsp3) is 0.294. The van der Waals surface area contributed by atoms with Crippen molar-refractivity contribution in [2.75, 3.05) is 0 Å². The Labute approximate surface area is 134 Å². The second-order valence-corrected chi connectivity index (χ2v) is 6.03. The summed E-state index contributed by atoms with van der Waals surface area (Å²) in [4.78, 5) is 0. The van der Waals surface area contributed by atoms with E-state index in [1.54, 1.807) is 0 Å². The zero-order valence-corrected chi connectivity index (χ0v) is 14.3. The van der Waals surface area contributed by atoms with Gasteiger partial charge < -0.3 is 4.74 Å². The minimum Gasteiger partial charge on any atom is -0.487 e. The third-order valence-electron chi connectivity index (χ3n) is 3.36. The highest BCUT2D eigenvalue weighted by Crippen LogP contribution is 2.28. The first kappa shape index (κ1) is 15.4. The molecule has 0 aliphatic heterocycles. The van der Waals surface area contributed by atoms with Crippen LogP contribution < -0.4 is 4.74 Å². The summed E-state index contributed by atoms with van der Waals surface area (Å²) < 4.78 is 5.88. The van der Waals surface area contributed by atoms with Gasteiger partial charge in [-0.15, -0.1) is 0 Å². The molecule has 0 saturated heterocycles. The first-order chi connectivity index (χ1) is 9.51. The molecule has 0 saturated carbocycles. The monoisotopic (exact) mass is 352 g/mol. The van der Waals surface area contributed by atoms with Crippen LogP contribution in [0.15, 0.2) is 30.3 Å². The molecule has 106 valence electrons. The predicted molar refractivity (Wildman–Crippen MR) is 89.1 cm³/mol.